The van der Waals surface area contributed by atoms with Crippen molar-refractivity contribution in [2.45, 2.75) is 25.2 Å². The van der Waals surface area contributed by atoms with Crippen molar-refractivity contribution in [2.75, 3.05) is 0 Å². The first-order valence-corrected chi connectivity index (χ1v) is 8.46. The SMILES string of the molecule is N#CC1=C(N)Oc2c(c(=O)oc3ccccc23)[C@H]1[C@]12C=C[C@@H](CC1)C2. The van der Waals surface area contributed by atoms with Crippen LogP contribution in [-0.2, 0) is 0 Å². The van der Waals surface area contributed by atoms with E-state index in [0.717, 1.165) is 19.3 Å². The molecular formula is C20H16N2O3. The van der Waals surface area contributed by atoms with Gasteiger partial charge in [-0.15, -0.1) is 0 Å². The Morgan fingerprint density at radius 2 is 2.16 bits per heavy atom. The molecule has 25 heavy (non-hydrogen) atoms. The highest BCUT2D eigenvalue weighted by Gasteiger charge is 2.52. The van der Waals surface area contributed by atoms with E-state index in [2.05, 4.69) is 18.2 Å². The van der Waals surface area contributed by atoms with Crippen LogP contribution in [0.3, 0.4) is 0 Å². The molecule has 0 unspecified atom stereocenters. The summed E-state index contributed by atoms with van der Waals surface area (Å²) >= 11 is 0. The monoisotopic (exact) mass is 332 g/mol. The molecule has 2 heterocycles. The van der Waals surface area contributed by atoms with Crippen molar-refractivity contribution in [1.82, 2.24) is 0 Å². The number of hydrogen-bond acceptors (Lipinski definition) is 5. The Balaban J connectivity index is 1.85. The molecule has 2 aliphatic carbocycles. The molecule has 0 radical (unpaired) electrons. The van der Waals surface area contributed by atoms with Crippen LogP contribution in [0.5, 0.6) is 5.75 Å². The molecule has 1 saturated carbocycles. The van der Waals surface area contributed by atoms with Crippen molar-refractivity contribution in [3.63, 3.8) is 0 Å². The Bertz CT molecular complexity index is 1070. The molecule has 3 aliphatic rings. The fourth-order valence-electron chi connectivity index (χ4n) is 4.79. The van der Waals surface area contributed by atoms with Crippen LogP contribution in [0.2, 0.25) is 0 Å². The van der Waals surface area contributed by atoms with Gasteiger partial charge in [-0.05, 0) is 37.3 Å². The molecule has 3 atom stereocenters. The minimum atomic E-state index is -0.447. The minimum Gasteiger partial charge on any atom is -0.439 e. The third-order valence-electron chi connectivity index (χ3n) is 5.87. The average Bonchev–Trinajstić information content (AvgIpc) is 3.23. The number of ether oxygens (including phenoxy) is 1. The molecule has 124 valence electrons. The lowest BCUT2D eigenvalue weighted by Gasteiger charge is -2.36. The van der Waals surface area contributed by atoms with Gasteiger partial charge in [0.15, 0.2) is 5.75 Å². The Morgan fingerprint density at radius 3 is 2.84 bits per heavy atom. The average molecular weight is 332 g/mol. The van der Waals surface area contributed by atoms with Crippen LogP contribution in [-0.4, -0.2) is 0 Å². The second kappa shape index (κ2) is 4.76. The maximum absolute atomic E-state index is 12.8. The Labute approximate surface area is 144 Å². The molecule has 5 nitrogen and oxygen atoms in total. The van der Waals surface area contributed by atoms with E-state index in [4.69, 9.17) is 14.9 Å². The van der Waals surface area contributed by atoms with Gasteiger partial charge in [-0.2, -0.15) is 5.26 Å². The lowest BCUT2D eigenvalue weighted by Crippen LogP contribution is -2.34. The molecule has 1 aliphatic heterocycles. The van der Waals surface area contributed by atoms with Gasteiger partial charge < -0.3 is 14.9 Å². The van der Waals surface area contributed by atoms with Crippen molar-refractivity contribution < 1.29 is 9.15 Å². The Hall–Kier alpha value is -3.00. The fourth-order valence-corrected chi connectivity index (χ4v) is 4.79. The molecule has 5 rings (SSSR count). The second-order valence-electron chi connectivity index (χ2n) is 7.15. The minimum absolute atomic E-state index is 0.0916. The molecule has 0 saturated heterocycles. The van der Waals surface area contributed by atoms with Gasteiger partial charge in [0.2, 0.25) is 5.88 Å². The maximum atomic E-state index is 12.8. The molecule has 2 bridgehead atoms. The van der Waals surface area contributed by atoms with Crippen LogP contribution in [0.25, 0.3) is 11.0 Å². The molecule has 1 aromatic heterocycles. The summed E-state index contributed by atoms with van der Waals surface area (Å²) in [6.07, 6.45) is 7.30. The molecule has 5 heteroatoms. The topological polar surface area (TPSA) is 89.3 Å². The molecule has 2 aromatic rings. The van der Waals surface area contributed by atoms with Gasteiger partial charge in [-0.3, -0.25) is 0 Å². The van der Waals surface area contributed by atoms with Crippen molar-refractivity contribution in [2.24, 2.45) is 17.1 Å². The molecule has 1 fully saturated rings. The van der Waals surface area contributed by atoms with E-state index in [9.17, 15) is 10.1 Å². The van der Waals surface area contributed by atoms with Crippen LogP contribution in [0.1, 0.15) is 30.7 Å². The molecule has 1 aromatic carbocycles. The van der Waals surface area contributed by atoms with Crippen molar-refractivity contribution >= 4 is 11.0 Å². The van der Waals surface area contributed by atoms with Crippen molar-refractivity contribution in [3.8, 4) is 11.8 Å². The van der Waals surface area contributed by atoms with Gasteiger partial charge in [0, 0.05) is 11.3 Å². The Kier molecular flexibility index (Phi) is 2.73. The predicted molar refractivity (Wildman–Crippen MR) is 91.6 cm³/mol. The van der Waals surface area contributed by atoms with E-state index in [1.807, 2.05) is 12.1 Å². The zero-order valence-corrected chi connectivity index (χ0v) is 13.5. The number of nitriles is 1. The van der Waals surface area contributed by atoms with Crippen LogP contribution < -0.4 is 16.1 Å². The van der Waals surface area contributed by atoms with Gasteiger partial charge in [0.05, 0.1) is 16.5 Å². The van der Waals surface area contributed by atoms with E-state index in [0.29, 0.717) is 33.8 Å². The van der Waals surface area contributed by atoms with Gasteiger partial charge in [-0.1, -0.05) is 24.3 Å². The normalized spacial score (nSPS) is 29.6. The van der Waals surface area contributed by atoms with Gasteiger partial charge in [-0.25, -0.2) is 4.79 Å². The largest absolute Gasteiger partial charge is 0.439 e. The smallest absolute Gasteiger partial charge is 0.343 e. The number of fused-ring (bicyclic) bond motifs is 5. The summed E-state index contributed by atoms with van der Waals surface area (Å²) in [6.45, 7) is 0. The number of allylic oxidation sites excluding steroid dienone is 3. The first-order chi connectivity index (χ1) is 12.1. The molecule has 0 amide bonds. The summed E-state index contributed by atoms with van der Waals surface area (Å²) in [7, 11) is 0. The quantitative estimate of drug-likeness (QED) is 0.639. The molecule has 2 N–H and O–H groups in total. The van der Waals surface area contributed by atoms with Crippen molar-refractivity contribution in [1.29, 1.82) is 5.26 Å². The van der Waals surface area contributed by atoms with Crippen LogP contribution in [0.4, 0.5) is 0 Å². The van der Waals surface area contributed by atoms with E-state index < -0.39 is 11.5 Å². The summed E-state index contributed by atoms with van der Waals surface area (Å²) in [5.74, 6) is 0.631. The number of benzene rings is 1. The molecular weight excluding hydrogens is 316 g/mol. The lowest BCUT2D eigenvalue weighted by atomic mass is 9.67. The van der Waals surface area contributed by atoms with E-state index >= 15 is 0 Å². The summed E-state index contributed by atoms with van der Waals surface area (Å²) < 4.78 is 11.3. The maximum Gasteiger partial charge on any atom is 0.343 e. The number of nitrogens with zero attached hydrogens (tertiary/aromatic N) is 1. The van der Waals surface area contributed by atoms with Gasteiger partial charge in [0.25, 0.3) is 0 Å². The van der Waals surface area contributed by atoms with Gasteiger partial charge in [0.1, 0.15) is 11.7 Å². The second-order valence-corrected chi connectivity index (χ2v) is 7.15. The molecule has 0 spiro atoms. The summed E-state index contributed by atoms with van der Waals surface area (Å²) in [4.78, 5) is 12.8. The summed E-state index contributed by atoms with van der Waals surface area (Å²) in [6, 6.07) is 9.43. The highest BCUT2D eigenvalue weighted by molar-refractivity contribution is 5.85. The fraction of sp³-hybridized carbons (Fsp3) is 0.300. The van der Waals surface area contributed by atoms with E-state index in [-0.39, 0.29) is 11.3 Å². The summed E-state index contributed by atoms with van der Waals surface area (Å²) in [5.41, 5.74) is 6.63. The number of nitrogens with two attached hydrogens (primary N) is 1. The zero-order valence-electron chi connectivity index (χ0n) is 13.5. The number of rotatable bonds is 1. The standard InChI is InChI=1S/C20H16N2O3/c21-10-13-16(20-7-5-11(9-20)6-8-20)15-17(25-18(13)22)12-3-1-2-4-14(12)24-19(15)23/h1-5,7,11,16H,6,8-9,22H2/t11-,16-,20+/m0/s1. The highest BCUT2D eigenvalue weighted by Crippen LogP contribution is 2.60. The number of hydrogen-bond donors (Lipinski definition) is 1. The van der Waals surface area contributed by atoms with Gasteiger partial charge >= 0.3 is 5.63 Å². The summed E-state index contributed by atoms with van der Waals surface area (Å²) in [5, 5.41) is 10.4. The zero-order chi connectivity index (χ0) is 17.2. The van der Waals surface area contributed by atoms with Crippen LogP contribution >= 0.6 is 0 Å². The van der Waals surface area contributed by atoms with Crippen LogP contribution in [0.15, 0.2) is 57.1 Å². The number of para-hydroxylation sites is 1. The van der Waals surface area contributed by atoms with E-state index in [1.165, 1.54) is 0 Å². The first kappa shape index (κ1) is 14.4. The highest BCUT2D eigenvalue weighted by atomic mass is 16.5. The third-order valence-corrected chi connectivity index (χ3v) is 5.87. The van der Waals surface area contributed by atoms with Crippen LogP contribution in [0, 0.1) is 22.7 Å². The van der Waals surface area contributed by atoms with E-state index in [1.54, 1.807) is 12.1 Å². The lowest BCUT2D eigenvalue weighted by molar-refractivity contribution is 0.299. The van der Waals surface area contributed by atoms with Crippen molar-refractivity contribution in [3.05, 3.63) is 63.9 Å². The Morgan fingerprint density at radius 1 is 1.32 bits per heavy atom. The first-order valence-electron chi connectivity index (χ1n) is 8.46. The third kappa shape index (κ3) is 1.79. The predicted octanol–water partition coefficient (Wildman–Crippen LogP) is 3.32.